The first-order chi connectivity index (χ1) is 15.8. The molecule has 0 aliphatic carbocycles. The predicted molar refractivity (Wildman–Crippen MR) is 142 cm³/mol. The fourth-order valence-corrected chi connectivity index (χ4v) is 4.25. The lowest BCUT2D eigenvalue weighted by molar-refractivity contribution is 1.45. The van der Waals surface area contributed by atoms with Gasteiger partial charge in [0.2, 0.25) is 0 Å². The molecule has 0 spiro atoms. The van der Waals surface area contributed by atoms with Gasteiger partial charge in [-0.15, -0.1) is 0 Å². The Bertz CT molecular complexity index is 1330. The van der Waals surface area contributed by atoms with Crippen LogP contribution in [0.15, 0.2) is 127 Å². The zero-order chi connectivity index (χ0) is 21.8. The molecule has 0 saturated carbocycles. The topological polar surface area (TPSA) is 47.0 Å². The number of hydrogen-bond acceptors (Lipinski definition) is 2. The van der Waals surface area contributed by atoms with Crippen molar-refractivity contribution in [1.29, 1.82) is 0 Å². The molecule has 162 valence electrons. The molecule has 0 saturated heterocycles. The minimum atomic E-state index is 0. The highest BCUT2D eigenvalue weighted by molar-refractivity contribution is 6.00. The van der Waals surface area contributed by atoms with Crippen LogP contribution in [0.2, 0.25) is 0 Å². The van der Waals surface area contributed by atoms with Crippen LogP contribution in [-0.2, 0) is 0 Å². The normalized spacial score (nSPS) is 10.3. The van der Waals surface area contributed by atoms with Crippen LogP contribution in [0.4, 0.5) is 11.4 Å². The van der Waals surface area contributed by atoms with Crippen LogP contribution in [0, 0.1) is 6.92 Å². The summed E-state index contributed by atoms with van der Waals surface area (Å²) in [5, 5.41) is 3.70. The Hall–Kier alpha value is -4.14. The first-order valence-electron chi connectivity index (χ1n) is 11.0. The monoisotopic (exact) mass is 428 g/mol. The number of nitrogens with one attached hydrogen (secondary N) is 1. The van der Waals surface area contributed by atoms with E-state index in [4.69, 9.17) is 0 Å². The second-order valence-electron chi connectivity index (χ2n) is 8.00. The fraction of sp³-hybridized carbons (Fsp3) is 0.0323. The molecule has 2 heteroatoms. The highest BCUT2D eigenvalue weighted by atomic mass is 14.9. The van der Waals surface area contributed by atoms with Crippen molar-refractivity contribution in [3.05, 3.63) is 133 Å². The molecular formula is C31H28N2. The van der Waals surface area contributed by atoms with Crippen molar-refractivity contribution in [3.63, 3.8) is 0 Å². The van der Waals surface area contributed by atoms with E-state index in [0.717, 1.165) is 11.4 Å². The smallest absolute Gasteiger partial charge is 0.0470 e. The molecule has 0 unspecified atom stereocenters. The van der Waals surface area contributed by atoms with Gasteiger partial charge in [0.25, 0.3) is 0 Å². The van der Waals surface area contributed by atoms with E-state index >= 15 is 0 Å². The molecular weight excluding hydrogens is 400 g/mol. The van der Waals surface area contributed by atoms with E-state index in [0.29, 0.717) is 0 Å². The van der Waals surface area contributed by atoms with Crippen molar-refractivity contribution in [2.75, 3.05) is 5.32 Å². The lowest BCUT2D eigenvalue weighted by Gasteiger charge is -2.21. The number of benzene rings is 5. The Morgan fingerprint density at radius 1 is 0.485 bits per heavy atom. The summed E-state index contributed by atoms with van der Waals surface area (Å²) in [6, 6.07) is 45.0. The van der Waals surface area contributed by atoms with Crippen molar-refractivity contribution in [2.45, 2.75) is 6.92 Å². The van der Waals surface area contributed by atoms with Crippen LogP contribution in [0.3, 0.4) is 0 Å². The number of rotatable bonds is 5. The van der Waals surface area contributed by atoms with E-state index in [2.05, 4.69) is 140 Å². The van der Waals surface area contributed by atoms with Crippen LogP contribution >= 0.6 is 0 Å². The van der Waals surface area contributed by atoms with Crippen LogP contribution in [0.5, 0.6) is 0 Å². The van der Waals surface area contributed by atoms with Gasteiger partial charge in [-0.1, -0.05) is 109 Å². The van der Waals surface area contributed by atoms with Crippen LogP contribution in [-0.4, -0.2) is 0 Å². The summed E-state index contributed by atoms with van der Waals surface area (Å²) >= 11 is 0. The van der Waals surface area contributed by atoms with Crippen LogP contribution < -0.4 is 11.5 Å². The van der Waals surface area contributed by atoms with E-state index in [1.165, 1.54) is 38.9 Å². The van der Waals surface area contributed by atoms with Gasteiger partial charge in [-0.3, -0.25) is 0 Å². The van der Waals surface area contributed by atoms with Crippen molar-refractivity contribution >= 4 is 11.4 Å². The Morgan fingerprint density at radius 2 is 1.03 bits per heavy atom. The van der Waals surface area contributed by atoms with Gasteiger partial charge in [0.05, 0.1) is 0 Å². The molecule has 0 aliphatic rings. The quantitative estimate of drug-likeness (QED) is 0.293. The Balaban J connectivity index is 0.00000259. The van der Waals surface area contributed by atoms with Gasteiger partial charge in [-0.05, 0) is 58.5 Å². The molecule has 0 atom stereocenters. The number of aryl methyl sites for hydroxylation is 1. The molecule has 33 heavy (non-hydrogen) atoms. The third-order valence-corrected chi connectivity index (χ3v) is 5.71. The summed E-state index contributed by atoms with van der Waals surface area (Å²) in [6.07, 6.45) is 0. The van der Waals surface area contributed by atoms with Gasteiger partial charge >= 0.3 is 0 Å². The van der Waals surface area contributed by atoms with Gasteiger partial charge in [-0.2, -0.15) is 0 Å². The van der Waals surface area contributed by atoms with Gasteiger partial charge in [0.1, 0.15) is 0 Å². The maximum atomic E-state index is 3.70. The van der Waals surface area contributed by atoms with Crippen LogP contribution in [0.1, 0.15) is 5.56 Å². The van der Waals surface area contributed by atoms with E-state index in [-0.39, 0.29) is 6.15 Å². The molecule has 0 fully saturated rings. The lowest BCUT2D eigenvalue weighted by atomic mass is 9.86. The molecule has 0 aliphatic heterocycles. The number of anilines is 2. The van der Waals surface area contributed by atoms with E-state index < -0.39 is 0 Å². The largest absolute Gasteiger partial charge is 0.355 e. The number of hydrogen-bond donors (Lipinski definition) is 2. The fourth-order valence-electron chi connectivity index (χ4n) is 4.25. The van der Waals surface area contributed by atoms with Gasteiger partial charge in [0.15, 0.2) is 0 Å². The summed E-state index contributed by atoms with van der Waals surface area (Å²) in [7, 11) is 0. The second kappa shape index (κ2) is 9.99. The first-order valence-corrected chi connectivity index (χ1v) is 11.0. The lowest BCUT2D eigenvalue weighted by Crippen LogP contribution is -1.98. The zero-order valence-corrected chi connectivity index (χ0v) is 18.8. The molecule has 0 amide bonds. The molecule has 5 aromatic rings. The Kier molecular flexibility index (Phi) is 6.68. The van der Waals surface area contributed by atoms with E-state index in [9.17, 15) is 0 Å². The molecule has 0 bridgehead atoms. The third-order valence-electron chi connectivity index (χ3n) is 5.71. The molecule has 4 N–H and O–H groups in total. The van der Waals surface area contributed by atoms with Gasteiger partial charge < -0.3 is 11.5 Å². The van der Waals surface area contributed by atoms with Crippen molar-refractivity contribution < 1.29 is 0 Å². The van der Waals surface area contributed by atoms with Crippen molar-refractivity contribution in [2.24, 2.45) is 0 Å². The average Bonchev–Trinajstić information content (AvgIpc) is 2.85. The van der Waals surface area contributed by atoms with Crippen LogP contribution in [0.25, 0.3) is 33.4 Å². The summed E-state index contributed by atoms with van der Waals surface area (Å²) in [5.74, 6) is 0. The highest BCUT2D eigenvalue weighted by Gasteiger charge is 2.18. The van der Waals surface area contributed by atoms with Crippen molar-refractivity contribution in [1.82, 2.24) is 6.15 Å². The molecule has 0 radical (unpaired) electrons. The molecule has 5 aromatic carbocycles. The van der Waals surface area contributed by atoms with Gasteiger partial charge in [0, 0.05) is 16.9 Å². The third kappa shape index (κ3) is 4.72. The molecule has 5 rings (SSSR count). The Labute approximate surface area is 196 Å². The maximum Gasteiger partial charge on any atom is 0.0470 e. The van der Waals surface area contributed by atoms with Crippen molar-refractivity contribution in [3.8, 4) is 33.4 Å². The molecule has 0 heterocycles. The first kappa shape index (κ1) is 22.1. The SMILES string of the molecule is Cc1cccc(Nc2ccc(-c3ccccc3)c(-c3ccccc3)c2-c2ccccc2)c1.N. The standard InChI is InChI=1S/C31H25N.H3N/c1-23-12-11-19-27(22-23)32-29-21-20-28(24-13-5-2-6-14-24)30(25-15-7-3-8-16-25)31(29)26-17-9-4-10-18-26;/h2-22,32H,1H3;1H3. The maximum absolute atomic E-state index is 3.70. The van der Waals surface area contributed by atoms with Gasteiger partial charge in [-0.25, -0.2) is 0 Å². The molecule has 2 nitrogen and oxygen atoms in total. The summed E-state index contributed by atoms with van der Waals surface area (Å²) in [6.45, 7) is 2.12. The van der Waals surface area contributed by atoms with E-state index in [1.807, 2.05) is 0 Å². The average molecular weight is 429 g/mol. The Morgan fingerprint density at radius 3 is 1.61 bits per heavy atom. The highest BCUT2D eigenvalue weighted by Crippen LogP contribution is 2.44. The minimum Gasteiger partial charge on any atom is -0.355 e. The zero-order valence-electron chi connectivity index (χ0n) is 18.8. The van der Waals surface area contributed by atoms with E-state index in [1.54, 1.807) is 0 Å². The minimum absolute atomic E-state index is 0. The molecule has 0 aromatic heterocycles. The second-order valence-corrected chi connectivity index (χ2v) is 8.00. The summed E-state index contributed by atoms with van der Waals surface area (Å²) < 4.78 is 0. The summed E-state index contributed by atoms with van der Waals surface area (Å²) in [5.41, 5.74) is 10.7. The summed E-state index contributed by atoms with van der Waals surface area (Å²) in [4.78, 5) is 0. The predicted octanol–water partition coefficient (Wildman–Crippen LogP) is 8.90.